The van der Waals surface area contributed by atoms with Crippen LogP contribution >= 0.6 is 23.8 Å². The van der Waals surface area contributed by atoms with Crippen LogP contribution in [-0.2, 0) is 6.54 Å². The van der Waals surface area contributed by atoms with Crippen LogP contribution in [-0.4, -0.2) is 47.0 Å². The van der Waals surface area contributed by atoms with Crippen LogP contribution in [0, 0.1) is 5.82 Å². The zero-order chi connectivity index (χ0) is 15.4. The maximum atomic E-state index is 13.1. The van der Waals surface area contributed by atoms with E-state index in [1.54, 1.807) is 6.07 Å². The fourth-order valence-corrected chi connectivity index (χ4v) is 3.31. The van der Waals surface area contributed by atoms with Crippen molar-refractivity contribution in [2.24, 2.45) is 5.73 Å². The summed E-state index contributed by atoms with van der Waals surface area (Å²) in [5.74, 6) is -0.296. The van der Waals surface area contributed by atoms with Crippen LogP contribution in [0.3, 0.4) is 0 Å². The average Bonchev–Trinajstić information content (AvgIpc) is 2.44. The summed E-state index contributed by atoms with van der Waals surface area (Å²) in [7, 11) is 0. The average molecular weight is 330 g/mol. The molecule has 0 spiro atoms. The van der Waals surface area contributed by atoms with Crippen molar-refractivity contribution in [1.82, 2.24) is 9.80 Å². The van der Waals surface area contributed by atoms with E-state index in [4.69, 9.17) is 29.6 Å². The molecule has 116 valence electrons. The molecule has 0 aromatic heterocycles. The van der Waals surface area contributed by atoms with Crippen LogP contribution in [0.1, 0.15) is 18.9 Å². The predicted molar refractivity (Wildman–Crippen MR) is 89.1 cm³/mol. The number of piperazine rings is 1. The standard InChI is InChI=1S/C15H21ClFN3S/c1-2-14(15(18)21)20-7-5-19(6-8-20)10-11-3-4-12(17)9-13(11)16/h3-4,9,14H,2,5-8,10H2,1H3,(H2,18,21). The van der Waals surface area contributed by atoms with Crippen LogP contribution < -0.4 is 5.73 Å². The quantitative estimate of drug-likeness (QED) is 0.842. The monoisotopic (exact) mass is 329 g/mol. The molecular formula is C15H21ClFN3S. The van der Waals surface area contributed by atoms with Crippen molar-refractivity contribution in [1.29, 1.82) is 0 Å². The first-order valence-corrected chi connectivity index (χ1v) is 7.99. The van der Waals surface area contributed by atoms with Crippen LogP contribution in [0.4, 0.5) is 4.39 Å². The van der Waals surface area contributed by atoms with Crippen LogP contribution in [0.2, 0.25) is 5.02 Å². The van der Waals surface area contributed by atoms with Gasteiger partial charge < -0.3 is 5.73 Å². The van der Waals surface area contributed by atoms with Gasteiger partial charge in [0.2, 0.25) is 0 Å². The van der Waals surface area contributed by atoms with Gasteiger partial charge in [0.05, 0.1) is 11.0 Å². The van der Waals surface area contributed by atoms with Crippen molar-refractivity contribution in [3.8, 4) is 0 Å². The first kappa shape index (κ1) is 16.6. The minimum Gasteiger partial charge on any atom is -0.392 e. The molecule has 1 heterocycles. The lowest BCUT2D eigenvalue weighted by Crippen LogP contribution is -2.53. The number of rotatable bonds is 5. The Balaban J connectivity index is 1.91. The largest absolute Gasteiger partial charge is 0.392 e. The molecule has 1 atom stereocenters. The topological polar surface area (TPSA) is 32.5 Å². The van der Waals surface area contributed by atoms with Gasteiger partial charge in [-0.05, 0) is 24.1 Å². The van der Waals surface area contributed by atoms with Gasteiger partial charge in [-0.25, -0.2) is 4.39 Å². The number of nitrogens with zero attached hydrogens (tertiary/aromatic N) is 2. The first-order valence-electron chi connectivity index (χ1n) is 7.21. The van der Waals surface area contributed by atoms with E-state index in [2.05, 4.69) is 16.7 Å². The third kappa shape index (κ3) is 4.36. The van der Waals surface area contributed by atoms with E-state index in [0.29, 0.717) is 10.0 Å². The van der Waals surface area contributed by atoms with Crippen molar-refractivity contribution in [2.75, 3.05) is 26.2 Å². The molecule has 1 fully saturated rings. The molecule has 21 heavy (non-hydrogen) atoms. The number of thiocarbonyl (C=S) groups is 1. The second kappa shape index (κ2) is 7.49. The molecule has 3 nitrogen and oxygen atoms in total. The minimum absolute atomic E-state index is 0.191. The van der Waals surface area contributed by atoms with Crippen molar-refractivity contribution < 1.29 is 4.39 Å². The Morgan fingerprint density at radius 2 is 2.05 bits per heavy atom. The predicted octanol–water partition coefficient (Wildman–Crippen LogP) is 2.66. The van der Waals surface area contributed by atoms with Gasteiger partial charge in [0.15, 0.2) is 0 Å². The van der Waals surface area contributed by atoms with Gasteiger partial charge in [-0.2, -0.15) is 0 Å². The number of halogens is 2. The smallest absolute Gasteiger partial charge is 0.124 e. The van der Waals surface area contributed by atoms with Gasteiger partial charge >= 0.3 is 0 Å². The fourth-order valence-electron chi connectivity index (χ4n) is 2.76. The highest BCUT2D eigenvalue weighted by Crippen LogP contribution is 2.20. The van der Waals surface area contributed by atoms with E-state index in [1.807, 2.05) is 0 Å². The van der Waals surface area contributed by atoms with E-state index in [-0.39, 0.29) is 11.9 Å². The second-order valence-corrected chi connectivity index (χ2v) is 6.25. The molecule has 0 aliphatic carbocycles. The molecule has 1 aromatic rings. The molecule has 1 unspecified atom stereocenters. The highest BCUT2D eigenvalue weighted by molar-refractivity contribution is 7.80. The molecule has 1 aliphatic rings. The lowest BCUT2D eigenvalue weighted by Gasteiger charge is -2.38. The molecule has 0 amide bonds. The van der Waals surface area contributed by atoms with Gasteiger partial charge in [-0.1, -0.05) is 36.8 Å². The Morgan fingerprint density at radius 3 is 2.57 bits per heavy atom. The van der Waals surface area contributed by atoms with Crippen molar-refractivity contribution in [2.45, 2.75) is 25.9 Å². The van der Waals surface area contributed by atoms with Crippen LogP contribution in [0.25, 0.3) is 0 Å². The molecule has 6 heteroatoms. The molecule has 1 aliphatic heterocycles. The molecule has 0 saturated carbocycles. The van der Waals surface area contributed by atoms with Gasteiger partial charge in [0, 0.05) is 37.7 Å². The third-order valence-corrected chi connectivity index (χ3v) is 4.60. The molecule has 0 radical (unpaired) electrons. The Hall–Kier alpha value is -0.750. The van der Waals surface area contributed by atoms with Crippen LogP contribution in [0.15, 0.2) is 18.2 Å². The number of benzene rings is 1. The zero-order valence-electron chi connectivity index (χ0n) is 12.2. The number of hydrogen-bond acceptors (Lipinski definition) is 3. The first-order chi connectivity index (χ1) is 10.0. The summed E-state index contributed by atoms with van der Waals surface area (Å²) >= 11 is 11.2. The molecule has 1 aromatic carbocycles. The molecule has 0 bridgehead atoms. The summed E-state index contributed by atoms with van der Waals surface area (Å²) in [5, 5.41) is 0.493. The van der Waals surface area contributed by atoms with E-state index >= 15 is 0 Å². The normalized spacial score (nSPS) is 18.6. The van der Waals surface area contributed by atoms with Crippen molar-refractivity contribution in [3.05, 3.63) is 34.6 Å². The van der Waals surface area contributed by atoms with Crippen molar-refractivity contribution >= 4 is 28.8 Å². The van der Waals surface area contributed by atoms with Gasteiger partial charge in [0.1, 0.15) is 5.82 Å². The molecule has 1 saturated heterocycles. The summed E-state index contributed by atoms with van der Waals surface area (Å²) in [4.78, 5) is 5.24. The summed E-state index contributed by atoms with van der Waals surface area (Å²) in [6.45, 7) is 6.61. The van der Waals surface area contributed by atoms with Crippen molar-refractivity contribution in [3.63, 3.8) is 0 Å². The Morgan fingerprint density at radius 1 is 1.38 bits per heavy atom. The highest BCUT2D eigenvalue weighted by Gasteiger charge is 2.24. The Bertz CT molecular complexity index is 504. The molecule has 2 rings (SSSR count). The zero-order valence-corrected chi connectivity index (χ0v) is 13.8. The molecule has 2 N–H and O–H groups in total. The maximum Gasteiger partial charge on any atom is 0.124 e. The van der Waals surface area contributed by atoms with Gasteiger partial charge in [0.25, 0.3) is 0 Å². The van der Waals surface area contributed by atoms with Crippen LogP contribution in [0.5, 0.6) is 0 Å². The highest BCUT2D eigenvalue weighted by atomic mass is 35.5. The Kier molecular flexibility index (Phi) is 5.93. The van der Waals surface area contributed by atoms with E-state index in [9.17, 15) is 4.39 Å². The fraction of sp³-hybridized carbons (Fsp3) is 0.533. The lowest BCUT2D eigenvalue weighted by molar-refractivity contribution is 0.112. The van der Waals surface area contributed by atoms with Gasteiger partial charge in [-0.3, -0.25) is 9.80 Å². The summed E-state index contributed by atoms with van der Waals surface area (Å²) in [6.07, 6.45) is 0.944. The summed E-state index contributed by atoms with van der Waals surface area (Å²) in [5.41, 5.74) is 6.76. The maximum absolute atomic E-state index is 13.1. The minimum atomic E-state index is -0.296. The summed E-state index contributed by atoms with van der Waals surface area (Å²) in [6, 6.07) is 4.77. The molecular weight excluding hydrogens is 309 g/mol. The lowest BCUT2D eigenvalue weighted by atomic mass is 10.1. The Labute approximate surface area is 135 Å². The third-order valence-electron chi connectivity index (χ3n) is 3.97. The van der Waals surface area contributed by atoms with E-state index in [0.717, 1.165) is 44.7 Å². The number of hydrogen-bond donors (Lipinski definition) is 1. The number of nitrogens with two attached hydrogens (primary N) is 1. The SMILES string of the molecule is CCC(C(N)=S)N1CCN(Cc2ccc(F)cc2Cl)CC1. The van der Waals surface area contributed by atoms with Gasteiger partial charge in [-0.15, -0.1) is 0 Å². The van der Waals surface area contributed by atoms with E-state index in [1.165, 1.54) is 12.1 Å². The summed E-state index contributed by atoms with van der Waals surface area (Å²) < 4.78 is 13.1. The van der Waals surface area contributed by atoms with E-state index < -0.39 is 0 Å². The second-order valence-electron chi connectivity index (χ2n) is 5.37.